The van der Waals surface area contributed by atoms with Crippen molar-refractivity contribution < 1.29 is 0 Å². The first-order valence-electron chi connectivity index (χ1n) is 3.90. The van der Waals surface area contributed by atoms with Crippen LogP contribution in [0.15, 0.2) is 4.99 Å². The minimum absolute atomic E-state index is 0. The highest BCUT2D eigenvalue weighted by molar-refractivity contribution is 5.85. The topological polar surface area (TPSA) is 62.2 Å². The molecule has 0 saturated carbocycles. The predicted octanol–water partition coefficient (Wildman–Crippen LogP) is 2.07. The van der Waals surface area contributed by atoms with Crippen molar-refractivity contribution >= 4 is 18.4 Å². The molecular formula is C8H18ClN3. The lowest BCUT2D eigenvalue weighted by molar-refractivity contribution is 0.418. The van der Waals surface area contributed by atoms with Crippen molar-refractivity contribution in [2.24, 2.45) is 10.7 Å². The molecule has 0 bridgehead atoms. The average Bonchev–Trinajstić information content (AvgIpc) is 1.84. The van der Waals surface area contributed by atoms with Gasteiger partial charge in [0.25, 0.3) is 0 Å². The molecule has 0 aromatic carbocycles. The molecule has 0 aromatic heterocycles. The van der Waals surface area contributed by atoms with Gasteiger partial charge in [-0.25, -0.2) is 10.4 Å². The third-order valence-corrected chi connectivity index (χ3v) is 1.48. The monoisotopic (exact) mass is 191 g/mol. The Labute approximate surface area is 80.4 Å². The molecule has 0 fully saturated rings. The summed E-state index contributed by atoms with van der Waals surface area (Å²) in [5.41, 5.74) is 5.60. The third-order valence-electron chi connectivity index (χ3n) is 1.48. The first-order chi connectivity index (χ1) is 4.99. The number of nitrogens with one attached hydrogen (secondary N) is 1. The molecule has 12 heavy (non-hydrogen) atoms. The van der Waals surface area contributed by atoms with Gasteiger partial charge in [0.05, 0.1) is 12.1 Å². The second-order valence-electron chi connectivity index (χ2n) is 3.50. The summed E-state index contributed by atoms with van der Waals surface area (Å²) in [5.74, 6) is 0. The summed E-state index contributed by atoms with van der Waals surface area (Å²) in [6.45, 7) is 5.97. The van der Waals surface area contributed by atoms with Gasteiger partial charge in [-0.05, 0) is 26.7 Å². The van der Waals surface area contributed by atoms with E-state index >= 15 is 0 Å². The van der Waals surface area contributed by atoms with Gasteiger partial charge in [0.15, 0.2) is 0 Å². The number of hydrogen-bond acceptors (Lipinski definition) is 3. The molecule has 0 rings (SSSR count). The van der Waals surface area contributed by atoms with Crippen molar-refractivity contribution in [3.8, 4) is 0 Å². The van der Waals surface area contributed by atoms with Crippen LogP contribution in [0.3, 0.4) is 0 Å². The van der Waals surface area contributed by atoms with E-state index < -0.39 is 0 Å². The van der Waals surface area contributed by atoms with E-state index in [4.69, 9.17) is 11.1 Å². The SMILES string of the molecule is CCC(CC(C)(C)N)N=C=N.Cl. The van der Waals surface area contributed by atoms with Crippen LogP contribution in [0.1, 0.15) is 33.6 Å². The molecule has 0 heterocycles. The van der Waals surface area contributed by atoms with Crippen LogP contribution in [0.25, 0.3) is 0 Å². The Bertz CT molecular complexity index is 156. The molecule has 0 spiro atoms. The van der Waals surface area contributed by atoms with Crippen LogP contribution < -0.4 is 5.73 Å². The lowest BCUT2D eigenvalue weighted by Gasteiger charge is -2.21. The molecule has 1 unspecified atom stereocenters. The molecule has 0 aromatic rings. The lowest BCUT2D eigenvalue weighted by atomic mass is 9.96. The zero-order chi connectivity index (χ0) is 8.91. The van der Waals surface area contributed by atoms with Gasteiger partial charge in [0, 0.05) is 5.54 Å². The zero-order valence-corrected chi connectivity index (χ0v) is 8.74. The van der Waals surface area contributed by atoms with E-state index in [9.17, 15) is 0 Å². The van der Waals surface area contributed by atoms with E-state index in [1.54, 1.807) is 0 Å². The van der Waals surface area contributed by atoms with Crippen LogP contribution in [-0.2, 0) is 0 Å². The van der Waals surface area contributed by atoms with Gasteiger partial charge in [0.2, 0.25) is 0 Å². The highest BCUT2D eigenvalue weighted by atomic mass is 35.5. The van der Waals surface area contributed by atoms with E-state index in [0.717, 1.165) is 12.8 Å². The summed E-state index contributed by atoms with van der Waals surface area (Å²) in [6.07, 6.45) is 1.74. The number of rotatable bonds is 4. The highest BCUT2D eigenvalue weighted by Crippen LogP contribution is 2.12. The Balaban J connectivity index is 0. The summed E-state index contributed by atoms with van der Waals surface area (Å²) in [5, 5.41) is 6.69. The van der Waals surface area contributed by atoms with Gasteiger partial charge in [-0.3, -0.25) is 0 Å². The summed E-state index contributed by atoms with van der Waals surface area (Å²) >= 11 is 0. The van der Waals surface area contributed by atoms with Crippen LogP contribution in [0, 0.1) is 5.41 Å². The number of hydrogen-bond donors (Lipinski definition) is 2. The van der Waals surface area contributed by atoms with Crippen molar-refractivity contribution in [3.05, 3.63) is 0 Å². The highest BCUT2D eigenvalue weighted by Gasteiger charge is 2.16. The first kappa shape index (κ1) is 14.2. The van der Waals surface area contributed by atoms with Gasteiger partial charge in [-0.1, -0.05) is 6.92 Å². The van der Waals surface area contributed by atoms with Gasteiger partial charge in [0.1, 0.15) is 0 Å². The van der Waals surface area contributed by atoms with Gasteiger partial charge >= 0.3 is 0 Å². The molecule has 3 nitrogen and oxygen atoms in total. The minimum Gasteiger partial charge on any atom is -0.325 e. The molecule has 0 saturated heterocycles. The molecule has 0 amide bonds. The fraction of sp³-hybridized carbons (Fsp3) is 0.875. The van der Waals surface area contributed by atoms with E-state index in [2.05, 4.69) is 11.0 Å². The van der Waals surface area contributed by atoms with E-state index in [1.165, 1.54) is 0 Å². The van der Waals surface area contributed by atoms with Crippen LogP contribution in [0.2, 0.25) is 0 Å². The summed E-state index contributed by atoms with van der Waals surface area (Å²) < 4.78 is 0. The smallest absolute Gasteiger partial charge is 0.0864 e. The maximum Gasteiger partial charge on any atom is 0.0864 e. The van der Waals surface area contributed by atoms with Crippen molar-refractivity contribution in [1.29, 1.82) is 5.41 Å². The largest absolute Gasteiger partial charge is 0.325 e. The van der Waals surface area contributed by atoms with Crippen LogP contribution in [-0.4, -0.2) is 17.6 Å². The molecule has 4 heteroatoms. The zero-order valence-electron chi connectivity index (χ0n) is 7.92. The first-order valence-corrected chi connectivity index (χ1v) is 3.90. The van der Waals surface area contributed by atoms with E-state index in [0.29, 0.717) is 0 Å². The van der Waals surface area contributed by atoms with E-state index in [-0.39, 0.29) is 24.0 Å². The third kappa shape index (κ3) is 7.73. The molecule has 0 aliphatic heterocycles. The minimum atomic E-state index is -0.193. The average molecular weight is 192 g/mol. The van der Waals surface area contributed by atoms with Crippen molar-refractivity contribution in [3.63, 3.8) is 0 Å². The molecular weight excluding hydrogens is 174 g/mol. The Morgan fingerprint density at radius 2 is 2.08 bits per heavy atom. The second-order valence-corrected chi connectivity index (χ2v) is 3.50. The summed E-state index contributed by atoms with van der Waals surface area (Å²) in [4.78, 5) is 3.86. The lowest BCUT2D eigenvalue weighted by Crippen LogP contribution is -2.35. The number of aliphatic imine (C=N–C) groups is 1. The molecule has 0 radical (unpaired) electrons. The van der Waals surface area contributed by atoms with Crippen molar-refractivity contribution in [2.75, 3.05) is 0 Å². The number of nitrogens with zero attached hydrogens (tertiary/aromatic N) is 1. The maximum absolute atomic E-state index is 6.69. The molecule has 1 atom stereocenters. The Kier molecular flexibility index (Phi) is 7.30. The summed E-state index contributed by atoms with van der Waals surface area (Å²) in [6, 6.07) is 2.22. The Morgan fingerprint density at radius 3 is 2.33 bits per heavy atom. The molecule has 72 valence electrons. The Hall–Kier alpha value is -0.370. The van der Waals surface area contributed by atoms with E-state index in [1.807, 2.05) is 20.8 Å². The number of halogens is 1. The van der Waals surface area contributed by atoms with Crippen molar-refractivity contribution in [1.82, 2.24) is 0 Å². The Morgan fingerprint density at radius 1 is 1.58 bits per heavy atom. The standard InChI is InChI=1S/C8H17N3.ClH/c1-4-7(11-6-9)5-8(2,3)10;/h7,9H,4-5,10H2,1-3H3;1H. The van der Waals surface area contributed by atoms with Gasteiger partial charge in [-0.15, -0.1) is 12.4 Å². The van der Waals surface area contributed by atoms with Crippen LogP contribution in [0.4, 0.5) is 0 Å². The van der Waals surface area contributed by atoms with Gasteiger partial charge < -0.3 is 5.73 Å². The fourth-order valence-corrected chi connectivity index (χ4v) is 0.980. The van der Waals surface area contributed by atoms with Crippen LogP contribution >= 0.6 is 12.4 Å². The molecule has 0 aliphatic rings. The fourth-order valence-electron chi connectivity index (χ4n) is 0.980. The van der Waals surface area contributed by atoms with Crippen molar-refractivity contribution in [2.45, 2.75) is 45.2 Å². The normalized spacial score (nSPS) is 12.7. The molecule has 0 aliphatic carbocycles. The molecule has 3 N–H and O–H groups in total. The maximum atomic E-state index is 6.69. The van der Waals surface area contributed by atoms with Crippen LogP contribution in [0.5, 0.6) is 0 Å². The number of nitrogens with two attached hydrogens (primary N) is 1. The predicted molar refractivity (Wildman–Crippen MR) is 54.4 cm³/mol. The quantitative estimate of drug-likeness (QED) is 0.657. The second kappa shape index (κ2) is 6.18. The summed E-state index contributed by atoms with van der Waals surface area (Å²) in [7, 11) is 0. The van der Waals surface area contributed by atoms with Gasteiger partial charge in [-0.2, -0.15) is 0 Å².